The lowest BCUT2D eigenvalue weighted by atomic mass is 10.0. The van der Waals surface area contributed by atoms with Crippen molar-refractivity contribution in [2.75, 3.05) is 13.7 Å². The number of aliphatic hydroxyl groups is 1. The minimum Gasteiger partial charge on any atom is -0.465 e. The van der Waals surface area contributed by atoms with Crippen molar-refractivity contribution >= 4 is 5.97 Å². The predicted molar refractivity (Wildman–Crippen MR) is 96.3 cm³/mol. The van der Waals surface area contributed by atoms with Crippen molar-refractivity contribution < 1.29 is 14.6 Å². The van der Waals surface area contributed by atoms with E-state index in [1.54, 1.807) is 6.07 Å². The van der Waals surface area contributed by atoms with Gasteiger partial charge in [0.15, 0.2) is 0 Å². The Labute approximate surface area is 144 Å². The number of methoxy groups -OCH3 is 1. The predicted octanol–water partition coefficient (Wildman–Crippen LogP) is 3.96. The Balaban J connectivity index is 1.79. The Morgan fingerprint density at radius 3 is 2.00 bits per heavy atom. The van der Waals surface area contributed by atoms with Crippen LogP contribution >= 0.6 is 0 Å². The van der Waals surface area contributed by atoms with Gasteiger partial charge >= 0.3 is 5.97 Å². The highest BCUT2D eigenvalue weighted by molar-refractivity contribution is 5.89. The summed E-state index contributed by atoms with van der Waals surface area (Å²) < 4.78 is 4.76. The molecule has 2 rings (SSSR count). The minimum absolute atomic E-state index is 0.245. The Hall–Kier alpha value is -2.13. The van der Waals surface area contributed by atoms with Crippen LogP contribution in [0, 0.1) is 0 Å². The number of carbonyl (C=O) groups excluding carboxylic acids is 1. The Bertz CT molecular complexity index is 649. The molecular weight excluding hydrogens is 300 g/mol. The zero-order valence-electron chi connectivity index (χ0n) is 14.3. The molecule has 0 bridgehead atoms. The number of hydrogen-bond acceptors (Lipinski definition) is 3. The molecule has 1 N–H and O–H groups in total. The van der Waals surface area contributed by atoms with E-state index in [2.05, 4.69) is 30.3 Å². The Morgan fingerprint density at radius 2 is 1.42 bits per heavy atom. The van der Waals surface area contributed by atoms with E-state index in [0.717, 1.165) is 38.5 Å². The SMILES string of the molecule is COC(=O)c1cccc(CCCCc2cccc(CCCO)c2)c1. The Kier molecular flexibility index (Phi) is 7.50. The van der Waals surface area contributed by atoms with E-state index >= 15 is 0 Å². The zero-order valence-corrected chi connectivity index (χ0v) is 14.3. The van der Waals surface area contributed by atoms with Gasteiger partial charge < -0.3 is 9.84 Å². The van der Waals surface area contributed by atoms with Crippen LogP contribution in [0.5, 0.6) is 0 Å². The van der Waals surface area contributed by atoms with Crippen LogP contribution < -0.4 is 0 Å². The molecule has 0 saturated heterocycles. The van der Waals surface area contributed by atoms with Gasteiger partial charge in [-0.3, -0.25) is 0 Å². The van der Waals surface area contributed by atoms with Crippen LogP contribution in [0.25, 0.3) is 0 Å². The molecule has 0 aromatic heterocycles. The van der Waals surface area contributed by atoms with E-state index in [1.165, 1.54) is 23.8 Å². The number of rotatable bonds is 9. The maximum atomic E-state index is 11.5. The highest BCUT2D eigenvalue weighted by Gasteiger charge is 2.05. The summed E-state index contributed by atoms with van der Waals surface area (Å²) >= 11 is 0. The van der Waals surface area contributed by atoms with Gasteiger partial charge in [0.25, 0.3) is 0 Å². The number of aryl methyl sites for hydroxylation is 3. The van der Waals surface area contributed by atoms with E-state index in [9.17, 15) is 4.79 Å². The van der Waals surface area contributed by atoms with Crippen molar-refractivity contribution in [1.29, 1.82) is 0 Å². The summed E-state index contributed by atoms with van der Waals surface area (Å²) in [5.74, 6) is -0.281. The molecule has 0 fully saturated rings. The van der Waals surface area contributed by atoms with Crippen LogP contribution in [0.3, 0.4) is 0 Å². The molecule has 3 nitrogen and oxygen atoms in total. The number of benzene rings is 2. The summed E-state index contributed by atoms with van der Waals surface area (Å²) in [6.07, 6.45) is 5.99. The molecule has 3 heteroatoms. The van der Waals surface area contributed by atoms with Crippen LogP contribution in [-0.4, -0.2) is 24.8 Å². The van der Waals surface area contributed by atoms with Crippen LogP contribution in [0.1, 0.15) is 46.3 Å². The number of ether oxygens (including phenoxy) is 1. The maximum absolute atomic E-state index is 11.5. The molecule has 0 atom stereocenters. The van der Waals surface area contributed by atoms with Crippen LogP contribution in [0.4, 0.5) is 0 Å². The Morgan fingerprint density at radius 1 is 0.875 bits per heavy atom. The number of carbonyl (C=O) groups is 1. The van der Waals surface area contributed by atoms with Crippen LogP contribution in [0.15, 0.2) is 48.5 Å². The highest BCUT2D eigenvalue weighted by Crippen LogP contribution is 2.13. The van der Waals surface area contributed by atoms with E-state index in [-0.39, 0.29) is 12.6 Å². The fraction of sp³-hybridized carbons (Fsp3) is 0.381. The lowest BCUT2D eigenvalue weighted by molar-refractivity contribution is 0.0600. The van der Waals surface area contributed by atoms with Crippen LogP contribution in [0.2, 0.25) is 0 Å². The average molecular weight is 326 g/mol. The van der Waals surface area contributed by atoms with E-state index < -0.39 is 0 Å². The van der Waals surface area contributed by atoms with Gasteiger partial charge in [0, 0.05) is 6.61 Å². The molecule has 0 saturated carbocycles. The average Bonchev–Trinajstić information content (AvgIpc) is 2.63. The third-order valence-electron chi connectivity index (χ3n) is 4.14. The summed E-state index contributed by atoms with van der Waals surface area (Å²) in [5, 5.41) is 8.92. The zero-order chi connectivity index (χ0) is 17.2. The first-order chi connectivity index (χ1) is 11.7. The summed E-state index contributed by atoms with van der Waals surface area (Å²) in [7, 11) is 1.41. The number of unbranched alkanes of at least 4 members (excludes halogenated alkanes) is 1. The molecule has 2 aromatic carbocycles. The molecule has 0 heterocycles. The van der Waals surface area contributed by atoms with Crippen LogP contribution in [-0.2, 0) is 24.0 Å². The maximum Gasteiger partial charge on any atom is 0.337 e. The molecule has 0 amide bonds. The second-order valence-corrected chi connectivity index (χ2v) is 6.05. The van der Waals surface area contributed by atoms with Gasteiger partial charge in [-0.25, -0.2) is 4.79 Å². The third-order valence-corrected chi connectivity index (χ3v) is 4.14. The van der Waals surface area contributed by atoms with Crippen molar-refractivity contribution in [2.24, 2.45) is 0 Å². The number of hydrogen-bond donors (Lipinski definition) is 1. The van der Waals surface area contributed by atoms with E-state index in [1.807, 2.05) is 12.1 Å². The lowest BCUT2D eigenvalue weighted by Gasteiger charge is -2.06. The molecule has 0 aliphatic carbocycles. The molecular formula is C21H26O3. The summed E-state index contributed by atoms with van der Waals surface area (Å²) in [4.78, 5) is 11.5. The molecule has 0 spiro atoms. The molecule has 0 unspecified atom stereocenters. The highest BCUT2D eigenvalue weighted by atomic mass is 16.5. The molecule has 128 valence electrons. The first-order valence-corrected chi connectivity index (χ1v) is 8.59. The molecule has 0 aliphatic heterocycles. The van der Waals surface area contributed by atoms with Gasteiger partial charge in [0.2, 0.25) is 0 Å². The van der Waals surface area contributed by atoms with E-state index in [4.69, 9.17) is 9.84 Å². The van der Waals surface area contributed by atoms with Crippen molar-refractivity contribution in [2.45, 2.75) is 38.5 Å². The monoisotopic (exact) mass is 326 g/mol. The normalized spacial score (nSPS) is 10.6. The second kappa shape index (κ2) is 9.89. The third kappa shape index (κ3) is 5.82. The summed E-state index contributed by atoms with van der Waals surface area (Å²) in [6, 6.07) is 16.3. The first-order valence-electron chi connectivity index (χ1n) is 8.59. The molecule has 24 heavy (non-hydrogen) atoms. The van der Waals surface area contributed by atoms with Gasteiger partial charge in [0.05, 0.1) is 12.7 Å². The van der Waals surface area contributed by atoms with Crippen molar-refractivity contribution in [1.82, 2.24) is 0 Å². The van der Waals surface area contributed by atoms with Crippen molar-refractivity contribution in [3.8, 4) is 0 Å². The quantitative estimate of drug-likeness (QED) is 0.560. The van der Waals surface area contributed by atoms with Gasteiger partial charge in [-0.05, 0) is 67.3 Å². The van der Waals surface area contributed by atoms with E-state index in [0.29, 0.717) is 5.56 Å². The number of aliphatic hydroxyl groups excluding tert-OH is 1. The van der Waals surface area contributed by atoms with Gasteiger partial charge in [-0.1, -0.05) is 36.4 Å². The van der Waals surface area contributed by atoms with Gasteiger partial charge in [-0.2, -0.15) is 0 Å². The molecule has 0 aliphatic rings. The van der Waals surface area contributed by atoms with Gasteiger partial charge in [0.1, 0.15) is 0 Å². The largest absolute Gasteiger partial charge is 0.465 e. The number of esters is 1. The van der Waals surface area contributed by atoms with Gasteiger partial charge in [-0.15, -0.1) is 0 Å². The second-order valence-electron chi connectivity index (χ2n) is 6.05. The molecule has 2 aromatic rings. The van der Waals surface area contributed by atoms with Crippen molar-refractivity contribution in [3.63, 3.8) is 0 Å². The summed E-state index contributed by atoms with van der Waals surface area (Å²) in [6.45, 7) is 0.245. The lowest BCUT2D eigenvalue weighted by Crippen LogP contribution is -2.01. The first kappa shape index (κ1) is 18.2. The smallest absolute Gasteiger partial charge is 0.337 e. The molecule has 0 radical (unpaired) electrons. The fourth-order valence-electron chi connectivity index (χ4n) is 2.85. The summed E-state index contributed by atoms with van der Waals surface area (Å²) in [5.41, 5.74) is 4.45. The fourth-order valence-corrected chi connectivity index (χ4v) is 2.85. The van der Waals surface area contributed by atoms with Crippen molar-refractivity contribution in [3.05, 3.63) is 70.8 Å². The standard InChI is InChI=1S/C21H26O3/c1-24-21(23)20-13-5-11-19(16-20)8-3-2-7-17-9-4-10-18(15-17)12-6-14-22/h4-5,9-11,13,15-16,22H,2-3,6-8,12,14H2,1H3. The minimum atomic E-state index is -0.281. The topological polar surface area (TPSA) is 46.5 Å².